The zero-order chi connectivity index (χ0) is 17.0. The molecule has 0 aliphatic heterocycles. The molecule has 2 aromatic rings. The minimum absolute atomic E-state index is 0.0253. The molecule has 0 saturated heterocycles. The van der Waals surface area contributed by atoms with Crippen molar-refractivity contribution in [3.05, 3.63) is 28.3 Å². The molecule has 0 atom stereocenters. The fraction of sp³-hybridized carbons (Fsp3) is 0.308. The first-order valence-corrected chi connectivity index (χ1v) is 7.38. The van der Waals surface area contributed by atoms with Gasteiger partial charge in [0.05, 0.1) is 15.1 Å². The number of aromatic nitrogens is 1. The first-order valence-electron chi connectivity index (χ1n) is 6.56. The van der Waals surface area contributed by atoms with E-state index in [0.717, 1.165) is 11.3 Å². The zero-order valence-corrected chi connectivity index (χ0v) is 12.6. The highest BCUT2D eigenvalue weighted by molar-refractivity contribution is 7.22. The fourth-order valence-corrected chi connectivity index (χ4v) is 2.96. The molecule has 0 unspecified atom stereocenters. The van der Waals surface area contributed by atoms with E-state index in [1.165, 1.54) is 23.1 Å². The van der Waals surface area contributed by atoms with E-state index in [9.17, 15) is 29.9 Å². The summed E-state index contributed by atoms with van der Waals surface area (Å²) >= 11 is 1.12. The van der Waals surface area contributed by atoms with E-state index >= 15 is 0 Å². The molecule has 122 valence electrons. The van der Waals surface area contributed by atoms with Crippen molar-refractivity contribution in [2.75, 3.05) is 18.0 Å². The average Bonchev–Trinajstić information content (AvgIpc) is 2.89. The molecule has 23 heavy (non-hydrogen) atoms. The van der Waals surface area contributed by atoms with Crippen molar-refractivity contribution in [1.82, 2.24) is 4.98 Å². The van der Waals surface area contributed by atoms with E-state index in [4.69, 9.17) is 0 Å². The number of nitro groups is 1. The number of anilines is 1. The molecule has 0 saturated carbocycles. The Kier molecular flexibility index (Phi) is 5.06. The van der Waals surface area contributed by atoms with Gasteiger partial charge in [-0.1, -0.05) is 11.3 Å². The number of carboxylic acid groups (broad SMARTS) is 2. The Balaban J connectivity index is 2.28. The Labute approximate surface area is 133 Å². The smallest absolute Gasteiger partial charge is 0.270 e. The molecule has 0 spiro atoms. The predicted octanol–water partition coefficient (Wildman–Crippen LogP) is -0.709. The number of thiazole rings is 1. The van der Waals surface area contributed by atoms with Gasteiger partial charge >= 0.3 is 0 Å². The van der Waals surface area contributed by atoms with E-state index in [-0.39, 0.29) is 31.6 Å². The van der Waals surface area contributed by atoms with Crippen LogP contribution < -0.4 is 15.1 Å². The Morgan fingerprint density at radius 1 is 1.17 bits per heavy atom. The van der Waals surface area contributed by atoms with Crippen LogP contribution in [0.25, 0.3) is 10.2 Å². The maximum atomic E-state index is 10.8. The zero-order valence-electron chi connectivity index (χ0n) is 11.8. The standard InChI is InChI=1S/C13H13N3O6S/c17-11(18)3-5-15(6-4-12(19)20)13-14-9-2-1-8(16(21)22)7-10(9)23-13/h1-2,7H,3-6H2,(H,17,18)(H,19,20)/p-2. The second-order valence-electron chi connectivity index (χ2n) is 4.64. The molecule has 0 fully saturated rings. The van der Waals surface area contributed by atoms with Crippen LogP contribution in [0.4, 0.5) is 10.8 Å². The van der Waals surface area contributed by atoms with Gasteiger partial charge in [-0.05, 0) is 6.07 Å². The third-order valence-electron chi connectivity index (χ3n) is 3.01. The second-order valence-corrected chi connectivity index (χ2v) is 5.65. The summed E-state index contributed by atoms with van der Waals surface area (Å²) in [6.45, 7) is 0.0507. The summed E-state index contributed by atoms with van der Waals surface area (Å²) in [7, 11) is 0. The van der Waals surface area contributed by atoms with Crippen LogP contribution in [-0.4, -0.2) is 34.9 Å². The average molecular weight is 337 g/mol. The maximum Gasteiger partial charge on any atom is 0.270 e. The minimum Gasteiger partial charge on any atom is -0.550 e. The summed E-state index contributed by atoms with van der Waals surface area (Å²) < 4.78 is 0.557. The normalized spacial score (nSPS) is 10.6. The summed E-state index contributed by atoms with van der Waals surface area (Å²) in [5.41, 5.74) is 0.436. The number of fused-ring (bicyclic) bond motifs is 1. The van der Waals surface area contributed by atoms with Crippen molar-refractivity contribution in [3.63, 3.8) is 0 Å². The molecule has 0 aliphatic carbocycles. The SMILES string of the molecule is O=C([O-])CCN(CCC(=O)[O-])c1nc2ccc([N+](=O)[O-])cc2s1. The van der Waals surface area contributed by atoms with Crippen LogP contribution in [0.2, 0.25) is 0 Å². The van der Waals surface area contributed by atoms with Gasteiger partial charge in [0, 0.05) is 50.0 Å². The largest absolute Gasteiger partial charge is 0.550 e. The number of hydrogen-bond donors (Lipinski definition) is 0. The van der Waals surface area contributed by atoms with E-state index in [0.29, 0.717) is 15.3 Å². The maximum absolute atomic E-state index is 10.8. The number of carbonyl (C=O) groups excluding carboxylic acids is 2. The number of nitro benzene ring substituents is 1. The lowest BCUT2D eigenvalue weighted by molar-refractivity contribution is -0.384. The number of non-ortho nitro benzene ring substituents is 1. The number of hydrogen-bond acceptors (Lipinski definition) is 9. The highest BCUT2D eigenvalue weighted by atomic mass is 32.1. The van der Waals surface area contributed by atoms with E-state index in [2.05, 4.69) is 4.98 Å². The first kappa shape index (κ1) is 16.6. The van der Waals surface area contributed by atoms with E-state index < -0.39 is 16.9 Å². The predicted molar refractivity (Wildman–Crippen MR) is 77.7 cm³/mol. The van der Waals surface area contributed by atoms with Gasteiger partial charge in [-0.15, -0.1) is 0 Å². The number of carboxylic acids is 2. The summed E-state index contributed by atoms with van der Waals surface area (Å²) in [5, 5.41) is 32.4. The van der Waals surface area contributed by atoms with Crippen LogP contribution >= 0.6 is 11.3 Å². The number of nitrogens with zero attached hydrogens (tertiary/aromatic N) is 3. The number of aliphatic carboxylic acids is 2. The quantitative estimate of drug-likeness (QED) is 0.454. The highest BCUT2D eigenvalue weighted by Crippen LogP contribution is 2.31. The highest BCUT2D eigenvalue weighted by Gasteiger charge is 2.15. The molecule has 0 aliphatic rings. The van der Waals surface area contributed by atoms with Gasteiger partial charge in [0.25, 0.3) is 5.69 Å². The van der Waals surface area contributed by atoms with Gasteiger partial charge < -0.3 is 24.7 Å². The second kappa shape index (κ2) is 7.01. The molecular formula is C13H11N3O6S-2. The lowest BCUT2D eigenvalue weighted by Gasteiger charge is -2.22. The van der Waals surface area contributed by atoms with Crippen LogP contribution in [0.3, 0.4) is 0 Å². The molecule has 1 aromatic heterocycles. The Morgan fingerprint density at radius 2 is 1.78 bits per heavy atom. The molecule has 2 rings (SSSR count). The van der Waals surface area contributed by atoms with Crippen molar-refractivity contribution in [2.24, 2.45) is 0 Å². The summed E-state index contributed by atoms with van der Waals surface area (Å²) in [6.07, 6.45) is -0.577. The van der Waals surface area contributed by atoms with E-state index in [1.807, 2.05) is 0 Å². The molecule has 1 aromatic carbocycles. The number of rotatable bonds is 8. The lowest BCUT2D eigenvalue weighted by atomic mass is 10.3. The first-order chi connectivity index (χ1) is 10.9. The van der Waals surface area contributed by atoms with Crippen LogP contribution in [0.15, 0.2) is 18.2 Å². The molecule has 10 heteroatoms. The summed E-state index contributed by atoms with van der Waals surface area (Å²) in [6, 6.07) is 4.17. The Bertz CT molecular complexity index is 741. The van der Waals surface area contributed by atoms with Gasteiger partial charge in [0.2, 0.25) is 0 Å². The number of carbonyl (C=O) groups is 2. The van der Waals surface area contributed by atoms with Crippen molar-refractivity contribution in [1.29, 1.82) is 0 Å². The molecule has 9 nitrogen and oxygen atoms in total. The van der Waals surface area contributed by atoms with Crippen molar-refractivity contribution >= 4 is 44.3 Å². The fourth-order valence-electron chi connectivity index (χ4n) is 1.91. The molecule has 0 radical (unpaired) electrons. The monoisotopic (exact) mass is 337 g/mol. The third-order valence-corrected chi connectivity index (χ3v) is 4.09. The third kappa shape index (κ3) is 4.36. The molecular weight excluding hydrogens is 326 g/mol. The van der Waals surface area contributed by atoms with Crippen LogP contribution in [0.5, 0.6) is 0 Å². The Hall–Kier alpha value is -2.75. The molecule has 0 amide bonds. The molecule has 0 N–H and O–H groups in total. The number of benzene rings is 1. The van der Waals surface area contributed by atoms with Crippen LogP contribution in [0, 0.1) is 10.1 Å². The van der Waals surface area contributed by atoms with Gasteiger partial charge in [-0.25, -0.2) is 4.98 Å². The van der Waals surface area contributed by atoms with Gasteiger partial charge in [0.1, 0.15) is 0 Å². The molecule has 1 heterocycles. The van der Waals surface area contributed by atoms with E-state index in [1.54, 1.807) is 0 Å². The summed E-state index contributed by atoms with van der Waals surface area (Å²) in [5.74, 6) is -2.53. The van der Waals surface area contributed by atoms with Gasteiger partial charge in [0.15, 0.2) is 5.13 Å². The van der Waals surface area contributed by atoms with Crippen molar-refractivity contribution in [3.8, 4) is 0 Å². The Morgan fingerprint density at radius 3 is 2.30 bits per heavy atom. The van der Waals surface area contributed by atoms with Crippen molar-refractivity contribution < 1.29 is 24.7 Å². The topological polar surface area (TPSA) is 140 Å². The summed E-state index contributed by atoms with van der Waals surface area (Å²) in [4.78, 5) is 37.2. The van der Waals surface area contributed by atoms with Crippen LogP contribution in [-0.2, 0) is 9.59 Å². The van der Waals surface area contributed by atoms with Gasteiger partial charge in [-0.3, -0.25) is 10.1 Å². The van der Waals surface area contributed by atoms with Crippen molar-refractivity contribution in [2.45, 2.75) is 12.8 Å². The van der Waals surface area contributed by atoms with Crippen LogP contribution in [0.1, 0.15) is 12.8 Å². The molecule has 0 bridgehead atoms. The lowest BCUT2D eigenvalue weighted by Crippen LogP contribution is -2.34. The minimum atomic E-state index is -1.26. The van der Waals surface area contributed by atoms with Gasteiger partial charge in [-0.2, -0.15) is 0 Å².